The highest BCUT2D eigenvalue weighted by Gasteiger charge is 2.45. The molecule has 0 unspecified atom stereocenters. The van der Waals surface area contributed by atoms with E-state index in [2.05, 4.69) is 0 Å². The van der Waals surface area contributed by atoms with Gasteiger partial charge in [0.25, 0.3) is 0 Å². The Bertz CT molecular complexity index is 470. The Morgan fingerprint density at radius 1 is 1.30 bits per heavy atom. The molecule has 128 valence electrons. The molecule has 1 N–H and O–H groups in total. The minimum atomic E-state index is -0.673. The zero-order chi connectivity index (χ0) is 16.1. The van der Waals surface area contributed by atoms with Gasteiger partial charge in [-0.2, -0.15) is 0 Å². The van der Waals surface area contributed by atoms with Gasteiger partial charge >= 0.3 is 0 Å². The summed E-state index contributed by atoms with van der Waals surface area (Å²) in [5.74, 6) is -0.673. The van der Waals surface area contributed by atoms with Crippen molar-refractivity contribution in [2.24, 2.45) is 0 Å². The molecule has 2 saturated heterocycles. The molecule has 0 saturated carbocycles. The summed E-state index contributed by atoms with van der Waals surface area (Å²) >= 11 is 0. The molecule has 1 spiro atoms. The van der Waals surface area contributed by atoms with Gasteiger partial charge in [0.05, 0.1) is 38.1 Å². The Morgan fingerprint density at radius 3 is 2.83 bits per heavy atom. The summed E-state index contributed by atoms with van der Waals surface area (Å²) in [6.07, 6.45) is 2.33. The smallest absolute Gasteiger partial charge is 0.171 e. The van der Waals surface area contributed by atoms with Crippen LogP contribution < -0.4 is 0 Å². The molecule has 2 aliphatic rings. The Labute approximate surface area is 137 Å². The van der Waals surface area contributed by atoms with Gasteiger partial charge in [-0.3, -0.25) is 0 Å². The maximum absolute atomic E-state index is 10.2. The molecular weight excluding hydrogens is 296 g/mol. The van der Waals surface area contributed by atoms with Crippen LogP contribution in [0.1, 0.15) is 31.2 Å². The first kappa shape index (κ1) is 16.9. The average Bonchev–Trinajstić information content (AvgIpc) is 2.56. The predicted octanol–water partition coefficient (Wildman–Crippen LogP) is 2.26. The summed E-state index contributed by atoms with van der Waals surface area (Å²) in [6, 6.07) is 10.1. The number of hydrogen-bond donors (Lipinski definition) is 1. The maximum Gasteiger partial charge on any atom is 0.171 e. The fourth-order valence-corrected chi connectivity index (χ4v) is 3.35. The van der Waals surface area contributed by atoms with Gasteiger partial charge in [0.2, 0.25) is 0 Å². The van der Waals surface area contributed by atoms with E-state index in [0.717, 1.165) is 18.4 Å². The minimum Gasteiger partial charge on any atom is -0.393 e. The number of hydrogen-bond acceptors (Lipinski definition) is 5. The Morgan fingerprint density at radius 2 is 2.13 bits per heavy atom. The molecule has 5 nitrogen and oxygen atoms in total. The number of rotatable bonds is 5. The van der Waals surface area contributed by atoms with Crippen LogP contribution in [0.15, 0.2) is 30.3 Å². The summed E-state index contributed by atoms with van der Waals surface area (Å²) < 4.78 is 23.2. The van der Waals surface area contributed by atoms with Crippen molar-refractivity contribution < 1.29 is 24.1 Å². The molecule has 0 aliphatic carbocycles. The highest BCUT2D eigenvalue weighted by atomic mass is 16.7. The summed E-state index contributed by atoms with van der Waals surface area (Å²) in [7, 11) is 1.70. The molecular formula is C18H26O5. The van der Waals surface area contributed by atoms with E-state index in [9.17, 15) is 5.11 Å². The minimum absolute atomic E-state index is 0.121. The SMILES string of the molecule is CO[C@@H]1CC[C@@]2(C[C@H](O)C[C@H](COCc3ccccc3)O2)OC1. The summed E-state index contributed by atoms with van der Waals surface area (Å²) in [5, 5.41) is 10.2. The Kier molecular flexibility index (Phi) is 5.67. The number of benzene rings is 1. The van der Waals surface area contributed by atoms with Crippen molar-refractivity contribution in [2.75, 3.05) is 20.3 Å². The standard InChI is InChI=1S/C18H26O5/c1-20-16-7-8-18(22-13-16)10-15(19)9-17(23-18)12-21-11-14-5-3-2-4-6-14/h2-6,15-17,19H,7-13H2,1H3/t15-,16-,17-,18-/m1/s1. The lowest BCUT2D eigenvalue weighted by atomic mass is 9.92. The third-order valence-corrected chi connectivity index (χ3v) is 4.59. The number of aliphatic hydroxyl groups is 1. The monoisotopic (exact) mass is 322 g/mol. The van der Waals surface area contributed by atoms with Crippen molar-refractivity contribution in [3.63, 3.8) is 0 Å². The normalized spacial score (nSPS) is 34.6. The van der Waals surface area contributed by atoms with Crippen LogP contribution in [0.25, 0.3) is 0 Å². The highest BCUT2D eigenvalue weighted by molar-refractivity contribution is 5.13. The Balaban J connectivity index is 1.50. The zero-order valence-corrected chi connectivity index (χ0v) is 13.6. The van der Waals surface area contributed by atoms with Gasteiger partial charge < -0.3 is 24.1 Å². The van der Waals surface area contributed by atoms with E-state index >= 15 is 0 Å². The van der Waals surface area contributed by atoms with E-state index in [4.69, 9.17) is 18.9 Å². The van der Waals surface area contributed by atoms with Crippen LogP contribution in [0.4, 0.5) is 0 Å². The molecule has 2 heterocycles. The number of methoxy groups -OCH3 is 1. The molecule has 2 aliphatic heterocycles. The van der Waals surface area contributed by atoms with Crippen molar-refractivity contribution in [1.82, 2.24) is 0 Å². The molecule has 1 aromatic carbocycles. The van der Waals surface area contributed by atoms with Gasteiger partial charge in [0.1, 0.15) is 0 Å². The lowest BCUT2D eigenvalue weighted by Crippen LogP contribution is -2.53. The molecule has 23 heavy (non-hydrogen) atoms. The molecule has 4 atom stereocenters. The molecule has 5 heteroatoms. The van der Waals surface area contributed by atoms with Crippen molar-refractivity contribution in [3.8, 4) is 0 Å². The van der Waals surface area contributed by atoms with Crippen LogP contribution in [-0.4, -0.2) is 49.5 Å². The maximum atomic E-state index is 10.2. The van der Waals surface area contributed by atoms with E-state index < -0.39 is 11.9 Å². The number of aliphatic hydroxyl groups excluding tert-OH is 1. The number of ether oxygens (including phenoxy) is 4. The lowest BCUT2D eigenvalue weighted by Gasteiger charge is -2.46. The summed E-state index contributed by atoms with van der Waals surface area (Å²) in [5.41, 5.74) is 1.13. The van der Waals surface area contributed by atoms with Crippen LogP contribution in [-0.2, 0) is 25.6 Å². The van der Waals surface area contributed by atoms with Crippen LogP contribution in [0.3, 0.4) is 0 Å². The van der Waals surface area contributed by atoms with E-state index in [1.54, 1.807) is 7.11 Å². The van der Waals surface area contributed by atoms with E-state index in [0.29, 0.717) is 32.7 Å². The average molecular weight is 322 g/mol. The van der Waals surface area contributed by atoms with Crippen LogP contribution in [0.5, 0.6) is 0 Å². The van der Waals surface area contributed by atoms with Crippen LogP contribution >= 0.6 is 0 Å². The molecule has 2 fully saturated rings. The van der Waals surface area contributed by atoms with E-state index in [1.165, 1.54) is 0 Å². The molecule has 1 aromatic rings. The summed E-state index contributed by atoms with van der Waals surface area (Å²) in [4.78, 5) is 0. The van der Waals surface area contributed by atoms with Crippen LogP contribution in [0, 0.1) is 0 Å². The van der Waals surface area contributed by atoms with E-state index in [1.807, 2.05) is 30.3 Å². The molecule has 0 amide bonds. The molecule has 0 aromatic heterocycles. The first-order chi connectivity index (χ1) is 11.2. The predicted molar refractivity (Wildman–Crippen MR) is 84.9 cm³/mol. The lowest BCUT2D eigenvalue weighted by molar-refractivity contribution is -0.325. The first-order valence-electron chi connectivity index (χ1n) is 8.33. The molecule has 0 radical (unpaired) electrons. The van der Waals surface area contributed by atoms with Gasteiger partial charge in [0, 0.05) is 26.4 Å². The van der Waals surface area contributed by atoms with E-state index in [-0.39, 0.29) is 12.2 Å². The highest BCUT2D eigenvalue weighted by Crippen LogP contribution is 2.37. The summed E-state index contributed by atoms with van der Waals surface area (Å²) in [6.45, 7) is 1.53. The topological polar surface area (TPSA) is 57.2 Å². The van der Waals surface area contributed by atoms with Gasteiger partial charge in [0.15, 0.2) is 5.79 Å². The molecule has 3 rings (SSSR count). The largest absolute Gasteiger partial charge is 0.393 e. The van der Waals surface area contributed by atoms with Gasteiger partial charge in [-0.25, -0.2) is 0 Å². The second-order valence-electron chi connectivity index (χ2n) is 6.45. The van der Waals surface area contributed by atoms with Gasteiger partial charge in [-0.15, -0.1) is 0 Å². The van der Waals surface area contributed by atoms with Crippen molar-refractivity contribution in [2.45, 2.75) is 56.4 Å². The second-order valence-corrected chi connectivity index (χ2v) is 6.45. The Hall–Kier alpha value is -0.980. The zero-order valence-electron chi connectivity index (χ0n) is 13.6. The quantitative estimate of drug-likeness (QED) is 0.901. The van der Waals surface area contributed by atoms with Gasteiger partial charge in [-0.05, 0) is 12.0 Å². The third-order valence-electron chi connectivity index (χ3n) is 4.59. The first-order valence-corrected chi connectivity index (χ1v) is 8.33. The third kappa shape index (κ3) is 4.52. The molecule has 0 bridgehead atoms. The van der Waals surface area contributed by atoms with Crippen molar-refractivity contribution in [1.29, 1.82) is 0 Å². The van der Waals surface area contributed by atoms with Crippen LogP contribution in [0.2, 0.25) is 0 Å². The van der Waals surface area contributed by atoms with Gasteiger partial charge in [-0.1, -0.05) is 30.3 Å². The van der Waals surface area contributed by atoms with Crippen molar-refractivity contribution in [3.05, 3.63) is 35.9 Å². The fourth-order valence-electron chi connectivity index (χ4n) is 3.35. The van der Waals surface area contributed by atoms with Crippen molar-refractivity contribution >= 4 is 0 Å². The fraction of sp³-hybridized carbons (Fsp3) is 0.667. The second kappa shape index (κ2) is 7.73.